The van der Waals surface area contributed by atoms with Crippen LogP contribution < -0.4 is 4.90 Å². The Morgan fingerprint density at radius 3 is 2.58 bits per heavy atom. The van der Waals surface area contributed by atoms with Gasteiger partial charge in [0.2, 0.25) is 5.91 Å². The summed E-state index contributed by atoms with van der Waals surface area (Å²) in [4.78, 5) is 30.7. The Hall–Kier alpha value is -2.19. The first kappa shape index (κ1) is 22.6. The molecule has 1 atom stereocenters. The fourth-order valence-electron chi connectivity index (χ4n) is 6.00. The van der Waals surface area contributed by atoms with Crippen LogP contribution in [0.1, 0.15) is 44.6 Å². The predicted octanol–water partition coefficient (Wildman–Crippen LogP) is 3.16. The van der Waals surface area contributed by atoms with Crippen molar-refractivity contribution in [3.05, 3.63) is 29.6 Å². The van der Waals surface area contributed by atoms with Gasteiger partial charge in [-0.25, -0.2) is 9.18 Å². The fraction of sp³-hybridized carbons (Fsp3) is 0.680. The van der Waals surface area contributed by atoms with Crippen LogP contribution in [0.15, 0.2) is 18.2 Å². The van der Waals surface area contributed by atoms with Gasteiger partial charge in [0, 0.05) is 50.6 Å². The zero-order valence-electron chi connectivity index (χ0n) is 19.4. The van der Waals surface area contributed by atoms with Crippen LogP contribution in [0.25, 0.3) is 0 Å². The van der Waals surface area contributed by atoms with Gasteiger partial charge in [-0.15, -0.1) is 0 Å². The quantitative estimate of drug-likeness (QED) is 0.695. The molecule has 0 unspecified atom stereocenters. The maximum atomic E-state index is 14.1. The first-order chi connectivity index (χ1) is 15.9. The van der Waals surface area contributed by atoms with Crippen molar-refractivity contribution in [2.75, 3.05) is 57.4 Å². The number of anilines is 1. The molecule has 0 saturated carbocycles. The van der Waals surface area contributed by atoms with Crippen molar-refractivity contribution in [2.45, 2.75) is 50.5 Å². The number of nitrogens with zero attached hydrogens (tertiary/aromatic N) is 3. The molecule has 0 radical (unpaired) electrons. The van der Waals surface area contributed by atoms with Crippen LogP contribution >= 0.6 is 0 Å². The minimum Gasteiger partial charge on any atom is -0.444 e. The molecule has 4 aliphatic heterocycles. The Morgan fingerprint density at radius 2 is 1.91 bits per heavy atom. The lowest BCUT2D eigenvalue weighted by Crippen LogP contribution is -2.48. The maximum Gasteiger partial charge on any atom is 0.410 e. The van der Waals surface area contributed by atoms with Crippen LogP contribution in [0.3, 0.4) is 0 Å². The molecule has 4 heterocycles. The molecule has 0 N–H and O–H groups in total. The Balaban J connectivity index is 1.13. The molecule has 3 saturated heterocycles. The summed E-state index contributed by atoms with van der Waals surface area (Å²) in [6.07, 6.45) is 4.34. The summed E-state index contributed by atoms with van der Waals surface area (Å²) < 4.78 is 24.9. The maximum absolute atomic E-state index is 14.1. The summed E-state index contributed by atoms with van der Waals surface area (Å²) in [6.45, 7) is 7.85. The normalized spacial score (nSPS) is 25.5. The lowest BCUT2D eigenvalue weighted by atomic mass is 9.74. The second kappa shape index (κ2) is 9.22. The van der Waals surface area contributed by atoms with Gasteiger partial charge in [-0.3, -0.25) is 4.79 Å². The molecule has 0 aliphatic carbocycles. The van der Waals surface area contributed by atoms with Gasteiger partial charge in [-0.1, -0.05) is 0 Å². The van der Waals surface area contributed by atoms with Crippen LogP contribution in [0.4, 0.5) is 14.9 Å². The fourth-order valence-corrected chi connectivity index (χ4v) is 6.00. The van der Waals surface area contributed by atoms with Crippen LogP contribution in [0.2, 0.25) is 0 Å². The van der Waals surface area contributed by atoms with Gasteiger partial charge in [0.15, 0.2) is 0 Å². The van der Waals surface area contributed by atoms with Crippen LogP contribution in [-0.4, -0.2) is 80.4 Å². The van der Waals surface area contributed by atoms with E-state index in [1.54, 1.807) is 19.1 Å². The van der Waals surface area contributed by atoms with Crippen molar-refractivity contribution in [3.8, 4) is 0 Å². The molecule has 1 spiro atoms. The summed E-state index contributed by atoms with van der Waals surface area (Å²) in [5.74, 6) is 0.361. The molecule has 33 heavy (non-hydrogen) atoms. The van der Waals surface area contributed by atoms with Gasteiger partial charge in [-0.2, -0.15) is 0 Å². The number of hydrogen-bond acceptors (Lipinski definition) is 5. The van der Waals surface area contributed by atoms with Crippen molar-refractivity contribution >= 4 is 17.7 Å². The molecular weight excluding hydrogens is 425 g/mol. The average molecular weight is 460 g/mol. The summed E-state index contributed by atoms with van der Waals surface area (Å²) >= 11 is 0. The van der Waals surface area contributed by atoms with Crippen molar-refractivity contribution in [3.63, 3.8) is 0 Å². The number of hydrogen-bond donors (Lipinski definition) is 0. The van der Waals surface area contributed by atoms with Gasteiger partial charge in [0.25, 0.3) is 0 Å². The molecule has 0 bridgehead atoms. The van der Waals surface area contributed by atoms with Gasteiger partial charge in [-0.05, 0) is 68.5 Å². The van der Waals surface area contributed by atoms with Crippen molar-refractivity contribution in [1.82, 2.24) is 9.80 Å². The Kier molecular flexibility index (Phi) is 6.31. The highest BCUT2D eigenvalue weighted by molar-refractivity contribution is 5.94. The third-order valence-corrected chi connectivity index (χ3v) is 8.02. The second-order valence-electron chi connectivity index (χ2n) is 10.1. The number of piperidine rings is 2. The zero-order valence-corrected chi connectivity index (χ0v) is 19.4. The minimum atomic E-state index is -0.230. The van der Waals surface area contributed by atoms with Gasteiger partial charge < -0.3 is 24.2 Å². The Labute approximate surface area is 194 Å². The first-order valence-corrected chi connectivity index (χ1v) is 12.3. The van der Waals surface area contributed by atoms with Crippen LogP contribution in [-0.2, 0) is 19.7 Å². The SMILES string of the molecule is CC(=O)N1CC2(CCN(CC3CCN(C(=O)O[C@H]4CCOC4)CC3)CC2)c2cc(F)ccc21. The lowest BCUT2D eigenvalue weighted by Gasteiger charge is -2.42. The molecule has 5 rings (SSSR count). The summed E-state index contributed by atoms with van der Waals surface area (Å²) in [5, 5.41) is 0. The molecule has 7 nitrogen and oxygen atoms in total. The Morgan fingerprint density at radius 1 is 1.15 bits per heavy atom. The van der Waals surface area contributed by atoms with E-state index in [9.17, 15) is 14.0 Å². The van der Waals surface area contributed by atoms with Crippen molar-refractivity contribution < 1.29 is 23.5 Å². The molecule has 8 heteroatoms. The number of fused-ring (bicyclic) bond motifs is 2. The largest absolute Gasteiger partial charge is 0.444 e. The van der Waals surface area contributed by atoms with Crippen molar-refractivity contribution in [1.29, 1.82) is 0 Å². The molecule has 2 amide bonds. The van der Waals surface area contributed by atoms with E-state index >= 15 is 0 Å². The molecule has 3 fully saturated rings. The summed E-state index contributed by atoms with van der Waals surface area (Å²) in [5.41, 5.74) is 1.73. The minimum absolute atomic E-state index is 0.0212. The summed E-state index contributed by atoms with van der Waals surface area (Å²) in [6, 6.07) is 4.85. The molecular formula is C25H34FN3O4. The third kappa shape index (κ3) is 4.60. The number of carbonyl (C=O) groups is 2. The van der Waals surface area contributed by atoms with E-state index < -0.39 is 0 Å². The van der Waals surface area contributed by atoms with Crippen molar-refractivity contribution in [2.24, 2.45) is 5.92 Å². The Bertz CT molecular complexity index is 888. The molecule has 1 aromatic carbocycles. The summed E-state index contributed by atoms with van der Waals surface area (Å²) in [7, 11) is 0. The van der Waals surface area contributed by atoms with E-state index in [1.807, 2.05) is 9.80 Å². The molecule has 0 aromatic heterocycles. The van der Waals surface area contributed by atoms with E-state index in [-0.39, 0.29) is 29.3 Å². The highest BCUT2D eigenvalue weighted by Gasteiger charge is 2.46. The number of halogens is 1. The number of amides is 2. The molecule has 180 valence electrons. The standard InChI is InChI=1S/C25H34FN3O4/c1-18(30)29-17-25(22-14-20(26)2-3-23(22)29)7-11-27(12-8-25)15-19-4-9-28(10-5-19)24(31)33-21-6-13-32-16-21/h2-3,14,19,21H,4-13,15-17H2,1H3/t21-/m0/s1. The number of rotatable bonds is 3. The highest BCUT2D eigenvalue weighted by atomic mass is 19.1. The van der Waals surface area contributed by atoms with E-state index in [0.717, 1.165) is 76.1 Å². The zero-order chi connectivity index (χ0) is 23.0. The van der Waals surface area contributed by atoms with E-state index in [4.69, 9.17) is 9.47 Å². The number of likely N-dealkylation sites (tertiary alicyclic amines) is 2. The topological polar surface area (TPSA) is 62.3 Å². The van der Waals surface area contributed by atoms with Gasteiger partial charge in [0.05, 0.1) is 13.2 Å². The number of benzene rings is 1. The first-order valence-electron chi connectivity index (χ1n) is 12.3. The smallest absolute Gasteiger partial charge is 0.410 e. The van der Waals surface area contributed by atoms with E-state index in [0.29, 0.717) is 25.7 Å². The molecule has 4 aliphatic rings. The monoisotopic (exact) mass is 459 g/mol. The third-order valence-electron chi connectivity index (χ3n) is 8.02. The number of ether oxygens (including phenoxy) is 2. The van der Waals surface area contributed by atoms with Crippen LogP contribution in [0.5, 0.6) is 0 Å². The second-order valence-corrected chi connectivity index (χ2v) is 10.1. The predicted molar refractivity (Wildman–Crippen MR) is 122 cm³/mol. The highest BCUT2D eigenvalue weighted by Crippen LogP contribution is 2.47. The lowest BCUT2D eigenvalue weighted by molar-refractivity contribution is -0.116. The molecule has 1 aromatic rings. The van der Waals surface area contributed by atoms with E-state index in [1.165, 1.54) is 6.07 Å². The van der Waals surface area contributed by atoms with Crippen LogP contribution in [0, 0.1) is 11.7 Å². The van der Waals surface area contributed by atoms with Gasteiger partial charge >= 0.3 is 6.09 Å². The van der Waals surface area contributed by atoms with E-state index in [2.05, 4.69) is 4.90 Å². The van der Waals surface area contributed by atoms with Gasteiger partial charge in [0.1, 0.15) is 11.9 Å². The number of carbonyl (C=O) groups excluding carboxylic acids is 2. The average Bonchev–Trinajstić information content (AvgIpc) is 3.42.